The molecular formula is C26H21FN6O3. The van der Waals surface area contributed by atoms with Gasteiger partial charge < -0.3 is 25.9 Å². The summed E-state index contributed by atoms with van der Waals surface area (Å²) in [5, 5.41) is 11.7. The number of fused-ring (bicyclic) bond motifs is 1. The molecule has 2 heterocycles. The molecule has 36 heavy (non-hydrogen) atoms. The first-order chi connectivity index (χ1) is 17.5. The molecule has 180 valence electrons. The second-order valence-corrected chi connectivity index (χ2v) is 7.87. The number of aliphatic hydroxyl groups excluding tert-OH is 1. The average molecular weight is 484 g/mol. The number of halogens is 1. The predicted octanol–water partition coefficient (Wildman–Crippen LogP) is 4.03. The molecule has 0 bridgehead atoms. The Kier molecular flexibility index (Phi) is 6.25. The van der Waals surface area contributed by atoms with Crippen LogP contribution in [0.4, 0.5) is 15.9 Å². The van der Waals surface area contributed by atoms with E-state index in [1.807, 2.05) is 12.1 Å². The van der Waals surface area contributed by atoms with Gasteiger partial charge in [0.15, 0.2) is 11.6 Å². The summed E-state index contributed by atoms with van der Waals surface area (Å²) in [5.41, 5.74) is 9.83. The van der Waals surface area contributed by atoms with E-state index in [2.05, 4.69) is 25.3 Å². The maximum Gasteiger partial charge on any atom is 0.255 e. The van der Waals surface area contributed by atoms with Crippen LogP contribution in [-0.4, -0.2) is 44.2 Å². The zero-order valence-electron chi connectivity index (χ0n) is 18.9. The number of aliphatic hydroxyl groups is 1. The monoisotopic (exact) mass is 484 g/mol. The molecule has 5 rings (SSSR count). The quantitative estimate of drug-likeness (QED) is 0.273. The second-order valence-electron chi connectivity index (χ2n) is 7.87. The number of hydrogen-bond donors (Lipinski definition) is 4. The van der Waals surface area contributed by atoms with Gasteiger partial charge in [0.25, 0.3) is 5.91 Å². The van der Waals surface area contributed by atoms with Crippen molar-refractivity contribution in [3.63, 3.8) is 0 Å². The normalized spacial score (nSPS) is 10.9. The highest BCUT2D eigenvalue weighted by Crippen LogP contribution is 2.28. The fraction of sp³-hybridized carbons (Fsp3) is 0.0769. The van der Waals surface area contributed by atoms with E-state index in [1.54, 1.807) is 36.5 Å². The van der Waals surface area contributed by atoms with Gasteiger partial charge in [-0.1, -0.05) is 18.2 Å². The summed E-state index contributed by atoms with van der Waals surface area (Å²) in [7, 11) is 0. The van der Waals surface area contributed by atoms with Crippen molar-refractivity contribution >= 4 is 28.4 Å². The van der Waals surface area contributed by atoms with Crippen molar-refractivity contribution < 1.29 is 19.0 Å². The number of imidazole rings is 1. The lowest BCUT2D eigenvalue weighted by molar-refractivity contribution is 0.102. The number of ether oxygens (including phenoxy) is 1. The molecule has 9 nitrogen and oxygen atoms in total. The lowest BCUT2D eigenvalue weighted by atomic mass is 10.1. The number of carbonyl (C=O) groups excluding carboxylic acids is 1. The smallest absolute Gasteiger partial charge is 0.255 e. The fourth-order valence-corrected chi connectivity index (χ4v) is 3.65. The molecule has 0 spiro atoms. The number of nitrogen functional groups attached to an aromatic ring is 1. The van der Waals surface area contributed by atoms with E-state index in [0.29, 0.717) is 39.7 Å². The average Bonchev–Trinajstić information content (AvgIpc) is 3.31. The summed E-state index contributed by atoms with van der Waals surface area (Å²) in [6.07, 6.45) is 1.56. The molecule has 2 aromatic heterocycles. The molecule has 0 saturated carbocycles. The van der Waals surface area contributed by atoms with E-state index in [1.165, 1.54) is 24.3 Å². The molecule has 0 unspecified atom stereocenters. The van der Waals surface area contributed by atoms with Crippen molar-refractivity contribution in [2.45, 2.75) is 0 Å². The van der Waals surface area contributed by atoms with Crippen LogP contribution in [-0.2, 0) is 0 Å². The summed E-state index contributed by atoms with van der Waals surface area (Å²) >= 11 is 0. The molecule has 0 saturated heterocycles. The van der Waals surface area contributed by atoms with E-state index in [0.717, 1.165) is 5.56 Å². The summed E-state index contributed by atoms with van der Waals surface area (Å²) in [6, 6.07) is 17.9. The van der Waals surface area contributed by atoms with E-state index in [4.69, 9.17) is 15.6 Å². The number of amides is 1. The second kappa shape index (κ2) is 9.80. The standard InChI is InChI=1S/C26H21FN6O3/c27-17-5-1-4-16(11-17)26(35)30-18-7-8-20-21(13-18)33-25(32-20)23-24(28)29-14-22(31-23)15-3-2-6-19(12-15)36-10-9-34/h1-8,11-14,34H,9-10H2,(H2,28,29)(H,30,35)(H,32,33). The largest absolute Gasteiger partial charge is 0.491 e. The van der Waals surface area contributed by atoms with Crippen molar-refractivity contribution in [2.75, 3.05) is 24.3 Å². The van der Waals surface area contributed by atoms with Crippen molar-refractivity contribution in [3.8, 4) is 28.5 Å². The summed E-state index contributed by atoms with van der Waals surface area (Å²) < 4.78 is 18.9. The van der Waals surface area contributed by atoms with Gasteiger partial charge in [-0.05, 0) is 48.5 Å². The van der Waals surface area contributed by atoms with Crippen LogP contribution in [0, 0.1) is 5.82 Å². The number of benzene rings is 3. The maximum atomic E-state index is 13.4. The lowest BCUT2D eigenvalue weighted by Gasteiger charge is -2.08. The first-order valence-electron chi connectivity index (χ1n) is 11.0. The number of nitrogens with two attached hydrogens (primary N) is 1. The SMILES string of the molecule is Nc1ncc(-c2cccc(OCCO)c2)nc1-c1nc2ccc(NC(=O)c3cccc(F)c3)cc2[nH]1. The topological polar surface area (TPSA) is 139 Å². The van der Waals surface area contributed by atoms with Gasteiger partial charge in [0, 0.05) is 16.8 Å². The minimum Gasteiger partial charge on any atom is -0.491 e. The summed E-state index contributed by atoms with van der Waals surface area (Å²) in [5.74, 6) is 0.296. The van der Waals surface area contributed by atoms with E-state index >= 15 is 0 Å². The molecule has 5 aromatic rings. The Bertz CT molecular complexity index is 1570. The molecule has 5 N–H and O–H groups in total. The van der Waals surface area contributed by atoms with Gasteiger partial charge in [0.1, 0.15) is 23.9 Å². The van der Waals surface area contributed by atoms with Gasteiger partial charge in [0.05, 0.1) is 29.5 Å². The number of nitrogens with zero attached hydrogens (tertiary/aromatic N) is 3. The Morgan fingerprint density at radius 3 is 2.78 bits per heavy atom. The number of aromatic amines is 1. The Labute approximate surface area is 204 Å². The van der Waals surface area contributed by atoms with Crippen LogP contribution in [0.5, 0.6) is 5.75 Å². The molecule has 1 amide bonds. The molecule has 3 aromatic carbocycles. The first kappa shape index (κ1) is 22.9. The Morgan fingerprint density at radius 1 is 1.08 bits per heavy atom. The maximum absolute atomic E-state index is 13.4. The third kappa shape index (κ3) is 4.84. The van der Waals surface area contributed by atoms with Crippen LogP contribution in [0.2, 0.25) is 0 Å². The van der Waals surface area contributed by atoms with Gasteiger partial charge >= 0.3 is 0 Å². The van der Waals surface area contributed by atoms with E-state index < -0.39 is 11.7 Å². The van der Waals surface area contributed by atoms with E-state index in [-0.39, 0.29) is 24.6 Å². The highest BCUT2D eigenvalue weighted by atomic mass is 19.1. The molecule has 0 aliphatic carbocycles. The number of anilines is 2. The molecule has 10 heteroatoms. The molecular weight excluding hydrogens is 463 g/mol. The highest BCUT2D eigenvalue weighted by molar-refractivity contribution is 6.05. The van der Waals surface area contributed by atoms with Crippen molar-refractivity contribution in [1.82, 2.24) is 19.9 Å². The van der Waals surface area contributed by atoms with Crippen molar-refractivity contribution in [3.05, 3.63) is 84.3 Å². The van der Waals surface area contributed by atoms with Gasteiger partial charge in [-0.2, -0.15) is 0 Å². The van der Waals surface area contributed by atoms with Gasteiger partial charge in [-0.25, -0.2) is 19.3 Å². The zero-order valence-corrected chi connectivity index (χ0v) is 18.9. The molecule has 0 radical (unpaired) electrons. The molecule has 0 aliphatic rings. The van der Waals surface area contributed by atoms with Gasteiger partial charge in [-0.15, -0.1) is 0 Å². The third-order valence-electron chi connectivity index (χ3n) is 5.34. The van der Waals surface area contributed by atoms with Crippen molar-refractivity contribution in [2.24, 2.45) is 0 Å². The zero-order chi connectivity index (χ0) is 25.1. The Hall–Kier alpha value is -4.83. The minimum absolute atomic E-state index is 0.0850. The fourth-order valence-electron chi connectivity index (χ4n) is 3.65. The van der Waals surface area contributed by atoms with Gasteiger partial charge in [0.2, 0.25) is 0 Å². The highest BCUT2D eigenvalue weighted by Gasteiger charge is 2.15. The van der Waals surface area contributed by atoms with Crippen LogP contribution >= 0.6 is 0 Å². The molecule has 0 atom stereocenters. The number of hydrogen-bond acceptors (Lipinski definition) is 7. The van der Waals surface area contributed by atoms with E-state index in [9.17, 15) is 9.18 Å². The third-order valence-corrected chi connectivity index (χ3v) is 5.34. The Morgan fingerprint density at radius 2 is 1.94 bits per heavy atom. The first-order valence-corrected chi connectivity index (χ1v) is 11.0. The van der Waals surface area contributed by atoms with Gasteiger partial charge in [-0.3, -0.25) is 4.79 Å². The Balaban J connectivity index is 1.43. The number of H-pyrrole nitrogens is 1. The van der Waals surface area contributed by atoms with Crippen LogP contribution in [0.25, 0.3) is 33.8 Å². The van der Waals surface area contributed by atoms with Crippen LogP contribution in [0.15, 0.2) is 72.9 Å². The predicted molar refractivity (Wildman–Crippen MR) is 134 cm³/mol. The van der Waals surface area contributed by atoms with Crippen molar-refractivity contribution in [1.29, 1.82) is 0 Å². The molecule has 0 fully saturated rings. The minimum atomic E-state index is -0.485. The summed E-state index contributed by atoms with van der Waals surface area (Å²) in [4.78, 5) is 29.2. The number of carbonyl (C=O) groups is 1. The van der Waals surface area contributed by atoms with Crippen LogP contribution in [0.1, 0.15) is 10.4 Å². The number of nitrogens with one attached hydrogen (secondary N) is 2. The number of aromatic nitrogens is 4. The van der Waals surface area contributed by atoms with Crippen LogP contribution < -0.4 is 15.8 Å². The summed E-state index contributed by atoms with van der Waals surface area (Å²) in [6.45, 7) is 0.101. The molecule has 0 aliphatic heterocycles. The van der Waals surface area contributed by atoms with Crippen LogP contribution in [0.3, 0.4) is 0 Å². The number of rotatable bonds is 7. The lowest BCUT2D eigenvalue weighted by Crippen LogP contribution is -2.11.